The summed E-state index contributed by atoms with van der Waals surface area (Å²) in [7, 11) is 3.77. The number of nitrogens with one attached hydrogen (secondary N) is 1. The van der Waals surface area contributed by atoms with Crippen LogP contribution < -0.4 is 10.1 Å². The lowest BCUT2D eigenvalue weighted by Gasteiger charge is -2.23. The van der Waals surface area contributed by atoms with Crippen molar-refractivity contribution in [2.75, 3.05) is 20.8 Å². The lowest BCUT2D eigenvalue weighted by molar-refractivity contribution is 0.00538. The zero-order chi connectivity index (χ0) is 13.9. The summed E-state index contributed by atoms with van der Waals surface area (Å²) in [5, 5.41) is 3.36. The summed E-state index contributed by atoms with van der Waals surface area (Å²) < 4.78 is 11.4. The maximum absolute atomic E-state index is 5.97. The summed E-state index contributed by atoms with van der Waals surface area (Å²) in [6.07, 6.45) is 3.16. The van der Waals surface area contributed by atoms with E-state index in [2.05, 4.69) is 37.4 Å². The van der Waals surface area contributed by atoms with Gasteiger partial charge in [0.25, 0.3) is 0 Å². The van der Waals surface area contributed by atoms with Crippen LogP contribution in [-0.2, 0) is 11.2 Å². The highest BCUT2D eigenvalue weighted by molar-refractivity contribution is 5.45. The van der Waals surface area contributed by atoms with E-state index in [1.165, 1.54) is 11.1 Å². The van der Waals surface area contributed by atoms with Crippen LogP contribution in [0.1, 0.15) is 43.9 Å². The Labute approximate surface area is 116 Å². The molecule has 19 heavy (non-hydrogen) atoms. The van der Waals surface area contributed by atoms with E-state index < -0.39 is 0 Å². The monoisotopic (exact) mass is 263 g/mol. The lowest BCUT2D eigenvalue weighted by atomic mass is 10.1. The van der Waals surface area contributed by atoms with Gasteiger partial charge in [-0.1, -0.05) is 12.1 Å². The first-order valence-corrected chi connectivity index (χ1v) is 7.04. The molecule has 1 aromatic carbocycles. The van der Waals surface area contributed by atoms with E-state index in [4.69, 9.17) is 9.47 Å². The molecule has 0 spiro atoms. The standard InChI is InChI=1S/C16H25NO2/c1-16(2,18-4)10-11-19-15-7-5-6-12-13(15)8-9-14(12)17-3/h5-7,14,17H,8-11H2,1-4H3. The summed E-state index contributed by atoms with van der Waals surface area (Å²) in [5.74, 6) is 1.04. The summed E-state index contributed by atoms with van der Waals surface area (Å²) in [5.41, 5.74) is 2.65. The zero-order valence-electron chi connectivity index (χ0n) is 12.5. The van der Waals surface area contributed by atoms with Crippen LogP contribution in [-0.4, -0.2) is 26.4 Å². The van der Waals surface area contributed by atoms with Crippen molar-refractivity contribution in [3.05, 3.63) is 29.3 Å². The second-order valence-electron chi connectivity index (χ2n) is 5.77. The molecule has 0 fully saturated rings. The number of fused-ring (bicyclic) bond motifs is 1. The van der Waals surface area contributed by atoms with E-state index >= 15 is 0 Å². The van der Waals surface area contributed by atoms with Gasteiger partial charge in [-0.25, -0.2) is 0 Å². The second kappa shape index (κ2) is 5.93. The van der Waals surface area contributed by atoms with Crippen LogP contribution in [0.15, 0.2) is 18.2 Å². The number of hydrogen-bond acceptors (Lipinski definition) is 3. The Hall–Kier alpha value is -1.06. The maximum atomic E-state index is 5.97. The molecule has 0 bridgehead atoms. The van der Waals surface area contributed by atoms with E-state index in [9.17, 15) is 0 Å². The van der Waals surface area contributed by atoms with Crippen LogP contribution in [0, 0.1) is 0 Å². The van der Waals surface area contributed by atoms with Crippen LogP contribution in [0.5, 0.6) is 5.75 Å². The molecule has 0 aliphatic heterocycles. The molecule has 1 N–H and O–H groups in total. The molecule has 1 unspecified atom stereocenters. The molecule has 1 aliphatic rings. The summed E-state index contributed by atoms with van der Waals surface area (Å²) >= 11 is 0. The van der Waals surface area contributed by atoms with Gasteiger partial charge in [-0.05, 0) is 50.9 Å². The van der Waals surface area contributed by atoms with Crippen molar-refractivity contribution in [1.29, 1.82) is 0 Å². The van der Waals surface area contributed by atoms with Crippen LogP contribution >= 0.6 is 0 Å². The Balaban J connectivity index is 2.01. The van der Waals surface area contributed by atoms with E-state index in [0.717, 1.165) is 25.0 Å². The van der Waals surface area contributed by atoms with Gasteiger partial charge in [-0.3, -0.25) is 0 Å². The minimum Gasteiger partial charge on any atom is -0.493 e. The Bertz CT molecular complexity index is 429. The Morgan fingerprint density at radius 2 is 2.16 bits per heavy atom. The van der Waals surface area contributed by atoms with Gasteiger partial charge in [0, 0.05) is 19.6 Å². The Morgan fingerprint density at radius 3 is 2.84 bits per heavy atom. The van der Waals surface area contributed by atoms with Crippen molar-refractivity contribution in [2.24, 2.45) is 0 Å². The second-order valence-corrected chi connectivity index (χ2v) is 5.77. The topological polar surface area (TPSA) is 30.5 Å². The molecule has 0 radical (unpaired) electrons. The normalized spacial score (nSPS) is 18.4. The van der Waals surface area contributed by atoms with Crippen molar-refractivity contribution in [3.8, 4) is 5.75 Å². The van der Waals surface area contributed by atoms with Gasteiger partial charge in [-0.15, -0.1) is 0 Å². The number of rotatable bonds is 6. The highest BCUT2D eigenvalue weighted by Crippen LogP contribution is 2.36. The van der Waals surface area contributed by atoms with Gasteiger partial charge >= 0.3 is 0 Å². The molecule has 2 rings (SSSR count). The average molecular weight is 263 g/mol. The fourth-order valence-electron chi connectivity index (χ4n) is 2.56. The predicted octanol–water partition coefficient (Wildman–Crippen LogP) is 3.09. The Morgan fingerprint density at radius 1 is 1.37 bits per heavy atom. The molecule has 1 atom stereocenters. The van der Waals surface area contributed by atoms with Crippen LogP contribution in [0.2, 0.25) is 0 Å². The maximum Gasteiger partial charge on any atom is 0.122 e. The number of hydrogen-bond donors (Lipinski definition) is 1. The van der Waals surface area contributed by atoms with Gasteiger partial charge < -0.3 is 14.8 Å². The third-order valence-electron chi connectivity index (χ3n) is 4.09. The minimum atomic E-state index is -0.120. The van der Waals surface area contributed by atoms with Crippen LogP contribution in [0.25, 0.3) is 0 Å². The molecule has 0 saturated heterocycles. The van der Waals surface area contributed by atoms with Crippen LogP contribution in [0.3, 0.4) is 0 Å². The smallest absolute Gasteiger partial charge is 0.122 e. The summed E-state index contributed by atoms with van der Waals surface area (Å²) in [6.45, 7) is 4.87. The van der Waals surface area contributed by atoms with Crippen LogP contribution in [0.4, 0.5) is 0 Å². The highest BCUT2D eigenvalue weighted by atomic mass is 16.5. The van der Waals surface area contributed by atoms with Crippen molar-refractivity contribution < 1.29 is 9.47 Å². The number of ether oxygens (including phenoxy) is 2. The van der Waals surface area contributed by atoms with Crippen molar-refractivity contribution in [1.82, 2.24) is 5.32 Å². The predicted molar refractivity (Wildman–Crippen MR) is 77.8 cm³/mol. The molecule has 1 aliphatic carbocycles. The SMILES string of the molecule is CNC1CCc2c(OCCC(C)(C)OC)cccc21. The van der Waals surface area contributed by atoms with Gasteiger partial charge in [0.2, 0.25) is 0 Å². The summed E-state index contributed by atoms with van der Waals surface area (Å²) in [4.78, 5) is 0. The molecule has 0 heterocycles. The fourth-order valence-corrected chi connectivity index (χ4v) is 2.56. The molecule has 3 nitrogen and oxygen atoms in total. The molecule has 1 aromatic rings. The molecular formula is C16H25NO2. The van der Waals surface area contributed by atoms with E-state index in [1.807, 2.05) is 7.05 Å². The lowest BCUT2D eigenvalue weighted by Crippen LogP contribution is -2.25. The molecule has 106 valence electrons. The first kappa shape index (κ1) is 14.4. The van der Waals surface area contributed by atoms with Gasteiger partial charge in [0.05, 0.1) is 12.2 Å². The first-order chi connectivity index (χ1) is 9.07. The minimum absolute atomic E-state index is 0.120. The quantitative estimate of drug-likeness (QED) is 0.855. The van der Waals surface area contributed by atoms with Gasteiger partial charge in [0.15, 0.2) is 0 Å². The number of methoxy groups -OCH3 is 1. The highest BCUT2D eigenvalue weighted by Gasteiger charge is 2.24. The molecule has 0 amide bonds. The van der Waals surface area contributed by atoms with Gasteiger partial charge in [-0.2, -0.15) is 0 Å². The first-order valence-electron chi connectivity index (χ1n) is 7.04. The van der Waals surface area contributed by atoms with Crippen molar-refractivity contribution in [3.63, 3.8) is 0 Å². The third kappa shape index (κ3) is 3.28. The largest absolute Gasteiger partial charge is 0.493 e. The molecule has 3 heteroatoms. The fraction of sp³-hybridized carbons (Fsp3) is 0.625. The van der Waals surface area contributed by atoms with E-state index in [1.54, 1.807) is 7.11 Å². The van der Waals surface area contributed by atoms with Crippen molar-refractivity contribution >= 4 is 0 Å². The molecule has 0 saturated carbocycles. The average Bonchev–Trinajstić information content (AvgIpc) is 2.82. The van der Waals surface area contributed by atoms with Crippen molar-refractivity contribution in [2.45, 2.75) is 44.8 Å². The molecular weight excluding hydrogens is 238 g/mol. The Kier molecular flexibility index (Phi) is 4.48. The number of benzene rings is 1. The van der Waals surface area contributed by atoms with E-state index in [-0.39, 0.29) is 5.60 Å². The van der Waals surface area contributed by atoms with E-state index in [0.29, 0.717) is 12.6 Å². The molecule has 0 aromatic heterocycles. The van der Waals surface area contributed by atoms with Gasteiger partial charge in [0.1, 0.15) is 5.75 Å². The third-order valence-corrected chi connectivity index (χ3v) is 4.09. The summed E-state index contributed by atoms with van der Waals surface area (Å²) in [6, 6.07) is 6.85. The zero-order valence-corrected chi connectivity index (χ0v) is 12.5.